The molecule has 2 heterocycles. The molecule has 2 N–H and O–H groups in total. The van der Waals surface area contributed by atoms with Gasteiger partial charge in [-0.1, -0.05) is 23.5 Å². The van der Waals surface area contributed by atoms with Crippen LogP contribution in [0.3, 0.4) is 0 Å². The highest BCUT2D eigenvalue weighted by Crippen LogP contribution is 2.26. The van der Waals surface area contributed by atoms with Crippen molar-refractivity contribution in [1.82, 2.24) is 19.9 Å². The van der Waals surface area contributed by atoms with E-state index in [0.717, 1.165) is 16.9 Å². The highest BCUT2D eigenvalue weighted by molar-refractivity contribution is 7.19. The number of urea groups is 1. The smallest absolute Gasteiger partial charge is 0.319 e. The van der Waals surface area contributed by atoms with Crippen molar-refractivity contribution in [3.8, 4) is 16.3 Å². The third kappa shape index (κ3) is 6.01. The Labute approximate surface area is 204 Å². The zero-order valence-electron chi connectivity index (χ0n) is 19.1. The summed E-state index contributed by atoms with van der Waals surface area (Å²) in [6.07, 6.45) is 0.168. The highest BCUT2D eigenvalue weighted by atomic mass is 32.1. The quantitative estimate of drug-likeness (QED) is 0.361. The maximum absolute atomic E-state index is 12.5. The van der Waals surface area contributed by atoms with E-state index >= 15 is 0 Å². The number of esters is 1. The maximum Gasteiger partial charge on any atom is 0.319 e. The molecule has 4 rings (SSSR count). The van der Waals surface area contributed by atoms with Gasteiger partial charge in [0.1, 0.15) is 10.8 Å². The summed E-state index contributed by atoms with van der Waals surface area (Å²) in [6.45, 7) is 2.15. The standard InChI is InChI=1S/C24H23N5O5S/c1-3-34-21(31)12-15-4-8-17(9-5-15)26-23(32)25-14-18-13-20(30)29-24(27-18)35-22(28-29)16-6-10-19(33-2)11-7-16/h4-11,13H,3,12,14H2,1-2H3,(H2,25,26,32). The van der Waals surface area contributed by atoms with Gasteiger partial charge in [0.05, 0.1) is 32.4 Å². The van der Waals surface area contributed by atoms with Crippen molar-refractivity contribution in [3.63, 3.8) is 0 Å². The average molecular weight is 494 g/mol. The Morgan fingerprint density at radius 1 is 1.09 bits per heavy atom. The largest absolute Gasteiger partial charge is 0.497 e. The van der Waals surface area contributed by atoms with Crippen molar-refractivity contribution in [1.29, 1.82) is 0 Å². The van der Waals surface area contributed by atoms with Crippen LogP contribution < -0.4 is 20.9 Å². The molecule has 0 saturated heterocycles. The average Bonchev–Trinajstić information content (AvgIpc) is 3.29. The lowest BCUT2D eigenvalue weighted by atomic mass is 10.1. The van der Waals surface area contributed by atoms with Crippen molar-refractivity contribution >= 4 is 34.0 Å². The van der Waals surface area contributed by atoms with Crippen LogP contribution in [0.15, 0.2) is 59.4 Å². The number of fused-ring (bicyclic) bond motifs is 1. The second-order valence-corrected chi connectivity index (χ2v) is 8.36. The summed E-state index contributed by atoms with van der Waals surface area (Å²) in [5.41, 5.74) is 2.27. The topological polar surface area (TPSA) is 124 Å². The van der Waals surface area contributed by atoms with Crippen LogP contribution in [0.25, 0.3) is 15.5 Å². The summed E-state index contributed by atoms with van der Waals surface area (Å²) in [5, 5.41) is 10.4. The van der Waals surface area contributed by atoms with Crippen LogP contribution in [0.4, 0.5) is 10.5 Å². The predicted molar refractivity (Wildman–Crippen MR) is 132 cm³/mol. The Morgan fingerprint density at radius 2 is 1.83 bits per heavy atom. The van der Waals surface area contributed by atoms with Crippen LogP contribution in [0, 0.1) is 0 Å². The first-order valence-corrected chi connectivity index (χ1v) is 11.6. The Hall–Kier alpha value is -4.25. The van der Waals surface area contributed by atoms with Crippen LogP contribution in [0.2, 0.25) is 0 Å². The van der Waals surface area contributed by atoms with Gasteiger partial charge < -0.3 is 20.1 Å². The van der Waals surface area contributed by atoms with Crippen LogP contribution in [0.5, 0.6) is 5.75 Å². The van der Waals surface area contributed by atoms with Gasteiger partial charge >= 0.3 is 12.0 Å². The second-order valence-electron chi connectivity index (χ2n) is 7.40. The third-order valence-corrected chi connectivity index (χ3v) is 5.89. The van der Waals surface area contributed by atoms with E-state index in [9.17, 15) is 14.4 Å². The molecule has 2 amide bonds. The molecule has 0 fully saturated rings. The molecule has 0 unspecified atom stereocenters. The zero-order valence-corrected chi connectivity index (χ0v) is 19.9. The number of carbonyl (C=O) groups excluding carboxylic acids is 2. The first-order chi connectivity index (χ1) is 16.9. The summed E-state index contributed by atoms with van der Waals surface area (Å²) in [5.74, 6) is 0.424. The van der Waals surface area contributed by atoms with Crippen LogP contribution >= 0.6 is 11.3 Å². The summed E-state index contributed by atoms with van der Waals surface area (Å²) in [6, 6.07) is 15.1. The number of hydrogen-bond donors (Lipinski definition) is 2. The van der Waals surface area contributed by atoms with Gasteiger partial charge in [-0.25, -0.2) is 9.78 Å². The van der Waals surface area contributed by atoms with Gasteiger partial charge in [0.15, 0.2) is 0 Å². The second kappa shape index (κ2) is 10.8. The van der Waals surface area contributed by atoms with E-state index in [1.807, 2.05) is 24.3 Å². The number of nitrogens with one attached hydrogen (secondary N) is 2. The highest BCUT2D eigenvalue weighted by Gasteiger charge is 2.12. The van der Waals surface area contributed by atoms with Crippen molar-refractivity contribution in [2.24, 2.45) is 0 Å². The minimum Gasteiger partial charge on any atom is -0.497 e. The Morgan fingerprint density at radius 3 is 2.51 bits per heavy atom. The van der Waals surface area contributed by atoms with E-state index < -0.39 is 6.03 Å². The number of nitrogens with zero attached hydrogens (tertiary/aromatic N) is 3. The molecule has 180 valence electrons. The van der Waals surface area contributed by atoms with E-state index in [1.165, 1.54) is 21.9 Å². The Kier molecular flexibility index (Phi) is 7.36. The first-order valence-electron chi connectivity index (χ1n) is 10.8. The van der Waals surface area contributed by atoms with Gasteiger partial charge in [-0.05, 0) is 48.9 Å². The van der Waals surface area contributed by atoms with E-state index in [1.54, 1.807) is 38.3 Å². The molecule has 2 aromatic heterocycles. The Bertz CT molecular complexity index is 1400. The molecule has 0 aliphatic rings. The summed E-state index contributed by atoms with van der Waals surface area (Å²) >= 11 is 1.28. The fraction of sp³-hybridized carbons (Fsp3) is 0.208. The van der Waals surface area contributed by atoms with Crippen LogP contribution in [-0.4, -0.2) is 40.3 Å². The molecule has 0 radical (unpaired) electrons. The summed E-state index contributed by atoms with van der Waals surface area (Å²) in [7, 11) is 1.59. The number of hydrogen-bond acceptors (Lipinski definition) is 8. The van der Waals surface area contributed by atoms with Crippen molar-refractivity contribution < 1.29 is 19.1 Å². The van der Waals surface area contributed by atoms with Crippen LogP contribution in [0.1, 0.15) is 18.2 Å². The molecule has 11 heteroatoms. The fourth-order valence-electron chi connectivity index (χ4n) is 3.23. The van der Waals surface area contributed by atoms with Crippen LogP contribution in [-0.2, 0) is 22.5 Å². The van der Waals surface area contributed by atoms with Gasteiger partial charge in [-0.2, -0.15) is 9.61 Å². The minimum absolute atomic E-state index is 0.0638. The molecule has 0 aliphatic carbocycles. The number of methoxy groups -OCH3 is 1. The number of anilines is 1. The number of aromatic nitrogens is 3. The van der Waals surface area contributed by atoms with Gasteiger partial charge in [0.2, 0.25) is 4.96 Å². The van der Waals surface area contributed by atoms with E-state index in [2.05, 4.69) is 20.7 Å². The monoisotopic (exact) mass is 493 g/mol. The van der Waals surface area contributed by atoms with Crippen molar-refractivity contribution in [2.75, 3.05) is 19.0 Å². The lowest BCUT2D eigenvalue weighted by Crippen LogP contribution is -2.29. The van der Waals surface area contributed by atoms with Gasteiger partial charge in [0.25, 0.3) is 5.56 Å². The maximum atomic E-state index is 12.5. The molecule has 0 atom stereocenters. The fourth-order valence-corrected chi connectivity index (χ4v) is 4.16. The molecule has 0 saturated carbocycles. The molecule has 0 bridgehead atoms. The molecular formula is C24H23N5O5S. The number of rotatable bonds is 8. The summed E-state index contributed by atoms with van der Waals surface area (Å²) in [4.78, 5) is 41.3. The number of carbonyl (C=O) groups is 2. The zero-order chi connectivity index (χ0) is 24.8. The van der Waals surface area contributed by atoms with Gasteiger partial charge in [-0.15, -0.1) is 0 Å². The van der Waals surface area contributed by atoms with E-state index in [4.69, 9.17) is 9.47 Å². The van der Waals surface area contributed by atoms with Crippen molar-refractivity contribution in [2.45, 2.75) is 19.9 Å². The normalized spacial score (nSPS) is 10.7. The molecular weight excluding hydrogens is 470 g/mol. The SMILES string of the molecule is CCOC(=O)Cc1ccc(NC(=O)NCc2cc(=O)n3nc(-c4ccc(OC)cc4)sc3n2)cc1. The third-order valence-electron chi connectivity index (χ3n) is 4.93. The lowest BCUT2D eigenvalue weighted by molar-refractivity contribution is -0.142. The number of amides is 2. The molecule has 0 aliphatic heterocycles. The molecule has 2 aromatic carbocycles. The number of benzene rings is 2. The van der Waals surface area contributed by atoms with Gasteiger partial charge in [-0.3, -0.25) is 9.59 Å². The number of ether oxygens (including phenoxy) is 2. The van der Waals surface area contributed by atoms with E-state index in [-0.39, 0.29) is 24.5 Å². The minimum atomic E-state index is -0.451. The first kappa shape index (κ1) is 23.9. The molecule has 0 spiro atoms. The van der Waals surface area contributed by atoms with Gasteiger partial charge in [0, 0.05) is 17.3 Å². The lowest BCUT2D eigenvalue weighted by Gasteiger charge is -2.08. The molecule has 35 heavy (non-hydrogen) atoms. The predicted octanol–water partition coefficient (Wildman–Crippen LogP) is 3.25. The molecule has 4 aromatic rings. The summed E-state index contributed by atoms with van der Waals surface area (Å²) < 4.78 is 11.3. The Balaban J connectivity index is 1.38. The van der Waals surface area contributed by atoms with E-state index in [0.29, 0.717) is 28.0 Å². The molecule has 10 nitrogen and oxygen atoms in total. The van der Waals surface area contributed by atoms with Crippen molar-refractivity contribution in [3.05, 3.63) is 76.2 Å².